The lowest BCUT2D eigenvalue weighted by Crippen LogP contribution is -2.26. The second kappa shape index (κ2) is 6.90. The standard InChI is InChI=1S/C14H22ClN5/c1-4-6-16-11(14-17-7-8-18-14)9-12-13(15)10(5-2)19-20(12)3/h7-8,11,16H,4-6,9H2,1-3H3,(H,17,18). The number of hydrogen-bond donors (Lipinski definition) is 2. The highest BCUT2D eigenvalue weighted by atomic mass is 35.5. The maximum absolute atomic E-state index is 6.43. The van der Waals surface area contributed by atoms with Gasteiger partial charge in [0.25, 0.3) is 0 Å². The van der Waals surface area contributed by atoms with Crippen LogP contribution in [0.4, 0.5) is 0 Å². The van der Waals surface area contributed by atoms with Crippen LogP contribution in [-0.4, -0.2) is 26.3 Å². The second-order valence-corrected chi connectivity index (χ2v) is 5.25. The van der Waals surface area contributed by atoms with Crippen LogP contribution in [0.2, 0.25) is 5.02 Å². The number of nitrogens with one attached hydrogen (secondary N) is 2. The van der Waals surface area contributed by atoms with E-state index in [1.165, 1.54) is 0 Å². The Hall–Kier alpha value is -1.33. The van der Waals surface area contributed by atoms with Crippen molar-refractivity contribution in [1.29, 1.82) is 0 Å². The lowest BCUT2D eigenvalue weighted by molar-refractivity contribution is 0.493. The van der Waals surface area contributed by atoms with Crippen LogP contribution in [0.5, 0.6) is 0 Å². The molecule has 0 radical (unpaired) electrons. The average Bonchev–Trinajstić information content (AvgIpc) is 3.05. The molecule has 0 saturated carbocycles. The first-order valence-electron chi connectivity index (χ1n) is 7.10. The molecule has 20 heavy (non-hydrogen) atoms. The monoisotopic (exact) mass is 295 g/mol. The maximum atomic E-state index is 6.43. The van der Waals surface area contributed by atoms with Crippen molar-refractivity contribution in [3.05, 3.63) is 34.6 Å². The molecule has 0 spiro atoms. The first-order chi connectivity index (χ1) is 9.67. The van der Waals surface area contributed by atoms with Crippen molar-refractivity contribution in [1.82, 2.24) is 25.1 Å². The summed E-state index contributed by atoms with van der Waals surface area (Å²) < 4.78 is 1.88. The van der Waals surface area contributed by atoms with Gasteiger partial charge in [-0.2, -0.15) is 5.10 Å². The number of rotatable bonds is 7. The van der Waals surface area contributed by atoms with Crippen LogP contribution in [-0.2, 0) is 19.9 Å². The number of aromatic amines is 1. The topological polar surface area (TPSA) is 58.5 Å². The smallest absolute Gasteiger partial charge is 0.123 e. The van der Waals surface area contributed by atoms with E-state index in [0.29, 0.717) is 0 Å². The van der Waals surface area contributed by atoms with Crippen LogP contribution >= 0.6 is 11.6 Å². The number of halogens is 1. The molecular formula is C14H22ClN5. The third-order valence-electron chi connectivity index (χ3n) is 3.39. The molecule has 2 rings (SSSR count). The summed E-state index contributed by atoms with van der Waals surface area (Å²) in [6.07, 6.45) is 6.32. The fourth-order valence-electron chi connectivity index (χ4n) is 2.29. The molecular weight excluding hydrogens is 274 g/mol. The van der Waals surface area contributed by atoms with Crippen LogP contribution in [0.25, 0.3) is 0 Å². The van der Waals surface area contributed by atoms with E-state index in [0.717, 1.165) is 48.0 Å². The van der Waals surface area contributed by atoms with Gasteiger partial charge >= 0.3 is 0 Å². The Bertz CT molecular complexity index is 532. The third-order valence-corrected chi connectivity index (χ3v) is 3.83. The maximum Gasteiger partial charge on any atom is 0.123 e. The van der Waals surface area contributed by atoms with Crippen molar-refractivity contribution in [3.63, 3.8) is 0 Å². The number of imidazole rings is 1. The predicted octanol–water partition coefficient (Wildman–Crippen LogP) is 2.64. The van der Waals surface area contributed by atoms with Crippen LogP contribution in [0.3, 0.4) is 0 Å². The Morgan fingerprint density at radius 1 is 1.45 bits per heavy atom. The van der Waals surface area contributed by atoms with E-state index in [2.05, 4.69) is 34.2 Å². The summed E-state index contributed by atoms with van der Waals surface area (Å²) in [4.78, 5) is 7.54. The fourth-order valence-corrected chi connectivity index (χ4v) is 2.66. The first kappa shape index (κ1) is 15.1. The molecule has 1 atom stereocenters. The molecule has 2 aromatic heterocycles. The Morgan fingerprint density at radius 2 is 2.25 bits per heavy atom. The quantitative estimate of drug-likeness (QED) is 0.825. The number of aryl methyl sites for hydroxylation is 2. The van der Waals surface area contributed by atoms with E-state index in [4.69, 9.17) is 11.6 Å². The van der Waals surface area contributed by atoms with E-state index >= 15 is 0 Å². The Balaban J connectivity index is 2.21. The molecule has 0 aliphatic carbocycles. The summed E-state index contributed by atoms with van der Waals surface area (Å²) in [5, 5.41) is 8.76. The van der Waals surface area contributed by atoms with Crippen LogP contribution in [0.1, 0.15) is 43.5 Å². The third kappa shape index (κ3) is 3.22. The molecule has 5 nitrogen and oxygen atoms in total. The highest BCUT2D eigenvalue weighted by Gasteiger charge is 2.20. The van der Waals surface area contributed by atoms with Gasteiger partial charge in [0.1, 0.15) is 5.82 Å². The van der Waals surface area contributed by atoms with E-state index in [1.807, 2.05) is 17.9 Å². The van der Waals surface area contributed by atoms with Crippen molar-refractivity contribution in [2.24, 2.45) is 7.05 Å². The molecule has 1 unspecified atom stereocenters. The molecule has 0 saturated heterocycles. The molecule has 2 N–H and O–H groups in total. The van der Waals surface area contributed by atoms with Gasteiger partial charge in [-0.25, -0.2) is 4.98 Å². The van der Waals surface area contributed by atoms with Gasteiger partial charge < -0.3 is 10.3 Å². The van der Waals surface area contributed by atoms with Gasteiger partial charge in [0.2, 0.25) is 0 Å². The molecule has 2 heterocycles. The number of H-pyrrole nitrogens is 1. The SMILES string of the molecule is CCCNC(Cc1c(Cl)c(CC)nn1C)c1ncc[nH]1. The molecule has 2 aromatic rings. The minimum Gasteiger partial charge on any atom is -0.347 e. The molecule has 0 aliphatic rings. The zero-order valence-corrected chi connectivity index (χ0v) is 13.0. The first-order valence-corrected chi connectivity index (χ1v) is 7.48. The number of nitrogens with zero attached hydrogens (tertiary/aromatic N) is 3. The molecule has 0 amide bonds. The Kier molecular flexibility index (Phi) is 5.20. The molecule has 0 fully saturated rings. The summed E-state index contributed by atoms with van der Waals surface area (Å²) in [6.45, 7) is 5.16. The summed E-state index contributed by atoms with van der Waals surface area (Å²) in [5.41, 5.74) is 2.01. The van der Waals surface area contributed by atoms with E-state index in [9.17, 15) is 0 Å². The van der Waals surface area contributed by atoms with Crippen molar-refractivity contribution < 1.29 is 0 Å². The normalized spacial score (nSPS) is 12.8. The summed E-state index contributed by atoms with van der Waals surface area (Å²) >= 11 is 6.43. The van der Waals surface area contributed by atoms with Crippen LogP contribution < -0.4 is 5.32 Å². The highest BCUT2D eigenvalue weighted by Crippen LogP contribution is 2.25. The van der Waals surface area contributed by atoms with Crippen molar-refractivity contribution in [2.45, 2.75) is 39.2 Å². The lowest BCUT2D eigenvalue weighted by Gasteiger charge is -2.16. The van der Waals surface area contributed by atoms with Crippen molar-refractivity contribution in [3.8, 4) is 0 Å². The zero-order valence-electron chi connectivity index (χ0n) is 12.3. The van der Waals surface area contributed by atoms with Gasteiger partial charge in [0.15, 0.2) is 0 Å². The van der Waals surface area contributed by atoms with Gasteiger partial charge in [-0.1, -0.05) is 25.4 Å². The number of aromatic nitrogens is 4. The van der Waals surface area contributed by atoms with Crippen molar-refractivity contribution >= 4 is 11.6 Å². The Morgan fingerprint density at radius 3 is 2.80 bits per heavy atom. The zero-order chi connectivity index (χ0) is 14.5. The lowest BCUT2D eigenvalue weighted by atomic mass is 10.1. The largest absolute Gasteiger partial charge is 0.347 e. The minimum absolute atomic E-state index is 0.127. The van der Waals surface area contributed by atoms with Gasteiger partial charge in [-0.3, -0.25) is 4.68 Å². The van der Waals surface area contributed by atoms with Gasteiger partial charge in [0, 0.05) is 25.9 Å². The fraction of sp³-hybridized carbons (Fsp3) is 0.571. The predicted molar refractivity (Wildman–Crippen MR) is 80.9 cm³/mol. The highest BCUT2D eigenvalue weighted by molar-refractivity contribution is 6.31. The van der Waals surface area contributed by atoms with Crippen molar-refractivity contribution in [2.75, 3.05) is 6.54 Å². The molecule has 0 aromatic carbocycles. The molecule has 6 heteroatoms. The van der Waals surface area contributed by atoms with Gasteiger partial charge in [0.05, 0.1) is 22.5 Å². The van der Waals surface area contributed by atoms with Gasteiger partial charge in [-0.15, -0.1) is 0 Å². The van der Waals surface area contributed by atoms with Crippen LogP contribution in [0, 0.1) is 0 Å². The van der Waals surface area contributed by atoms with E-state index in [-0.39, 0.29) is 6.04 Å². The molecule has 110 valence electrons. The summed E-state index contributed by atoms with van der Waals surface area (Å²) in [6, 6.07) is 0.127. The molecule has 0 bridgehead atoms. The van der Waals surface area contributed by atoms with Crippen LogP contribution in [0.15, 0.2) is 12.4 Å². The van der Waals surface area contributed by atoms with Gasteiger partial charge in [-0.05, 0) is 19.4 Å². The van der Waals surface area contributed by atoms with E-state index in [1.54, 1.807) is 6.20 Å². The second-order valence-electron chi connectivity index (χ2n) is 4.87. The summed E-state index contributed by atoms with van der Waals surface area (Å²) in [5.74, 6) is 0.939. The Labute approximate surface area is 124 Å². The average molecular weight is 296 g/mol. The minimum atomic E-state index is 0.127. The summed E-state index contributed by atoms with van der Waals surface area (Å²) in [7, 11) is 1.94. The molecule has 0 aliphatic heterocycles. The van der Waals surface area contributed by atoms with E-state index < -0.39 is 0 Å². The number of hydrogen-bond acceptors (Lipinski definition) is 3.